The Morgan fingerprint density at radius 1 is 1.06 bits per heavy atom. The lowest BCUT2D eigenvalue weighted by molar-refractivity contribution is 0.0712. The van der Waals surface area contributed by atoms with E-state index in [1.54, 1.807) is 0 Å². The van der Waals surface area contributed by atoms with Crippen molar-refractivity contribution in [2.45, 2.75) is 70.9 Å². The van der Waals surface area contributed by atoms with E-state index in [0.717, 1.165) is 59.6 Å². The number of amides is 1. The quantitative estimate of drug-likeness (QED) is 0.703. The Kier molecular flexibility index (Phi) is 6.03. The molecule has 3 aliphatic rings. The van der Waals surface area contributed by atoms with Crippen molar-refractivity contribution >= 4 is 11.7 Å². The summed E-state index contributed by atoms with van der Waals surface area (Å²) in [6.45, 7) is 7.60. The first-order valence-corrected chi connectivity index (χ1v) is 12.5. The number of hydrogen-bond donors (Lipinski definition) is 2. The van der Waals surface area contributed by atoms with E-state index in [9.17, 15) is 10.1 Å². The molecule has 2 aliphatic heterocycles. The number of hydrogen-bond acceptors (Lipinski definition) is 5. The van der Waals surface area contributed by atoms with Gasteiger partial charge in [-0.2, -0.15) is 10.4 Å². The third kappa shape index (κ3) is 4.16. The van der Waals surface area contributed by atoms with Crippen molar-refractivity contribution in [3.8, 4) is 6.07 Å². The lowest BCUT2D eigenvalue weighted by Crippen LogP contribution is -2.38. The molecule has 176 valence electrons. The Labute approximate surface area is 202 Å². The van der Waals surface area contributed by atoms with Crippen LogP contribution in [0, 0.1) is 25.2 Å². The minimum absolute atomic E-state index is 0.0922. The van der Waals surface area contributed by atoms with Crippen LogP contribution in [0.2, 0.25) is 0 Å². The molecule has 2 N–H and O–H groups in total. The van der Waals surface area contributed by atoms with Gasteiger partial charge in [0.25, 0.3) is 5.91 Å². The standard InChI is InChI=1S/C28H33N5O/c1-17-13-22(7-8-23(17)16-29)20-9-11-33(12-10-20)28(34)24-15-26(27-30-19(3)31-32-27)25(14-18(24)2)21-5-4-6-21/h7-8,13-15,19-21,31H,4-6,9-12H2,1-3H3,(H,30,32). The van der Waals surface area contributed by atoms with Gasteiger partial charge in [0, 0.05) is 24.2 Å². The fourth-order valence-corrected chi connectivity index (χ4v) is 5.44. The van der Waals surface area contributed by atoms with E-state index in [0.29, 0.717) is 11.8 Å². The molecule has 0 aromatic heterocycles. The number of benzene rings is 2. The number of hydrazone groups is 1. The van der Waals surface area contributed by atoms with E-state index in [1.807, 2.05) is 24.8 Å². The van der Waals surface area contributed by atoms with Gasteiger partial charge >= 0.3 is 0 Å². The molecule has 1 aliphatic carbocycles. The van der Waals surface area contributed by atoms with Gasteiger partial charge in [-0.1, -0.05) is 24.6 Å². The Bertz CT molecular complexity index is 1180. The molecule has 1 atom stereocenters. The average Bonchev–Trinajstić information content (AvgIpc) is 3.24. The van der Waals surface area contributed by atoms with Crippen molar-refractivity contribution in [3.05, 3.63) is 69.3 Å². The van der Waals surface area contributed by atoms with Gasteiger partial charge in [0.15, 0.2) is 5.84 Å². The second-order valence-corrected chi connectivity index (χ2v) is 10.1. The first kappa shape index (κ1) is 22.5. The van der Waals surface area contributed by atoms with Crippen LogP contribution in [0.3, 0.4) is 0 Å². The predicted octanol–water partition coefficient (Wildman–Crippen LogP) is 4.66. The molecular formula is C28H33N5O. The van der Waals surface area contributed by atoms with Crippen molar-refractivity contribution in [1.82, 2.24) is 15.6 Å². The van der Waals surface area contributed by atoms with Crippen molar-refractivity contribution in [2.75, 3.05) is 13.1 Å². The minimum Gasteiger partial charge on any atom is -0.347 e. The highest BCUT2D eigenvalue weighted by Crippen LogP contribution is 2.39. The Balaban J connectivity index is 1.35. The molecule has 6 heteroatoms. The number of nitriles is 1. The molecule has 0 radical (unpaired) electrons. The molecule has 0 bridgehead atoms. The molecule has 1 amide bonds. The second-order valence-electron chi connectivity index (χ2n) is 10.1. The van der Waals surface area contributed by atoms with Crippen molar-refractivity contribution in [3.63, 3.8) is 0 Å². The number of aryl methyl sites for hydroxylation is 2. The summed E-state index contributed by atoms with van der Waals surface area (Å²) in [5, 5.41) is 17.1. The fraction of sp³-hybridized carbons (Fsp3) is 0.464. The lowest BCUT2D eigenvalue weighted by Gasteiger charge is -2.33. The van der Waals surface area contributed by atoms with Crippen LogP contribution in [0.5, 0.6) is 0 Å². The number of nitrogens with one attached hydrogen (secondary N) is 2. The summed E-state index contributed by atoms with van der Waals surface area (Å²) in [5.41, 5.74) is 10.4. The molecule has 2 fully saturated rings. The van der Waals surface area contributed by atoms with Gasteiger partial charge in [-0.3, -0.25) is 10.2 Å². The van der Waals surface area contributed by atoms with Crippen LogP contribution in [0.15, 0.2) is 35.4 Å². The van der Waals surface area contributed by atoms with Gasteiger partial charge in [-0.25, -0.2) is 0 Å². The summed E-state index contributed by atoms with van der Waals surface area (Å²) >= 11 is 0. The zero-order valence-electron chi connectivity index (χ0n) is 20.3. The summed E-state index contributed by atoms with van der Waals surface area (Å²) in [6.07, 6.45) is 5.66. The van der Waals surface area contributed by atoms with Crippen molar-refractivity contribution in [1.29, 1.82) is 5.26 Å². The van der Waals surface area contributed by atoms with Crippen LogP contribution in [0.1, 0.15) is 94.6 Å². The minimum atomic E-state index is 0.0922. The summed E-state index contributed by atoms with van der Waals surface area (Å²) in [6, 6.07) is 12.7. The molecular weight excluding hydrogens is 422 g/mol. The number of carbonyl (C=O) groups excluding carboxylic acids is 1. The molecule has 0 spiro atoms. The highest BCUT2D eigenvalue weighted by Gasteiger charge is 2.30. The van der Waals surface area contributed by atoms with E-state index in [2.05, 4.69) is 53.1 Å². The maximum Gasteiger partial charge on any atom is 0.254 e. The fourth-order valence-electron chi connectivity index (χ4n) is 5.44. The molecule has 5 rings (SSSR count). The van der Waals surface area contributed by atoms with Crippen LogP contribution in [-0.4, -0.2) is 35.9 Å². The Morgan fingerprint density at radius 2 is 1.82 bits per heavy atom. The van der Waals surface area contributed by atoms with Crippen LogP contribution in [-0.2, 0) is 0 Å². The van der Waals surface area contributed by atoms with E-state index in [1.165, 1.54) is 30.4 Å². The maximum absolute atomic E-state index is 13.6. The molecule has 34 heavy (non-hydrogen) atoms. The molecule has 1 unspecified atom stereocenters. The van der Waals surface area contributed by atoms with Crippen molar-refractivity contribution in [2.24, 2.45) is 5.10 Å². The third-order valence-electron chi connectivity index (χ3n) is 7.77. The second kappa shape index (κ2) is 9.13. The maximum atomic E-state index is 13.6. The van der Waals surface area contributed by atoms with E-state index in [4.69, 9.17) is 0 Å². The number of nitrogens with zero attached hydrogens (tertiary/aromatic N) is 3. The topological polar surface area (TPSA) is 80.5 Å². The summed E-state index contributed by atoms with van der Waals surface area (Å²) < 4.78 is 0. The van der Waals surface area contributed by atoms with Gasteiger partial charge < -0.3 is 10.2 Å². The largest absolute Gasteiger partial charge is 0.347 e. The molecule has 6 nitrogen and oxygen atoms in total. The summed E-state index contributed by atoms with van der Waals surface area (Å²) in [7, 11) is 0. The zero-order chi connectivity index (χ0) is 23.8. The molecule has 2 aromatic rings. The first-order chi connectivity index (χ1) is 16.4. The average molecular weight is 456 g/mol. The molecule has 2 heterocycles. The zero-order valence-corrected chi connectivity index (χ0v) is 20.3. The van der Waals surface area contributed by atoms with E-state index >= 15 is 0 Å². The van der Waals surface area contributed by atoms with Gasteiger partial charge in [-0.15, -0.1) is 0 Å². The Hall–Kier alpha value is -3.33. The van der Waals surface area contributed by atoms with Gasteiger partial charge in [0.2, 0.25) is 0 Å². The van der Waals surface area contributed by atoms with Crippen LogP contribution in [0.25, 0.3) is 0 Å². The number of rotatable bonds is 4. The molecule has 1 saturated carbocycles. The highest BCUT2D eigenvalue weighted by atomic mass is 16.2. The molecule has 2 aromatic carbocycles. The lowest BCUT2D eigenvalue weighted by atomic mass is 9.77. The van der Waals surface area contributed by atoms with Crippen LogP contribution in [0.4, 0.5) is 0 Å². The predicted molar refractivity (Wildman–Crippen MR) is 134 cm³/mol. The van der Waals surface area contributed by atoms with Crippen LogP contribution >= 0.6 is 0 Å². The SMILES string of the molecule is Cc1cc(C2CCN(C(=O)c3cc(C4=NNC(C)N4)c(C4CCC4)cc3C)CC2)ccc1C#N. The highest BCUT2D eigenvalue weighted by molar-refractivity contribution is 6.04. The third-order valence-corrected chi connectivity index (χ3v) is 7.77. The van der Waals surface area contributed by atoms with E-state index in [-0.39, 0.29) is 12.1 Å². The normalized spacial score (nSPS) is 20.7. The summed E-state index contributed by atoms with van der Waals surface area (Å²) in [4.78, 5) is 15.6. The number of piperidine rings is 1. The van der Waals surface area contributed by atoms with Crippen LogP contribution < -0.4 is 10.7 Å². The van der Waals surface area contributed by atoms with Gasteiger partial charge in [-0.05, 0) is 92.7 Å². The first-order valence-electron chi connectivity index (χ1n) is 12.5. The number of carbonyl (C=O) groups is 1. The molecule has 1 saturated heterocycles. The van der Waals surface area contributed by atoms with Crippen molar-refractivity contribution < 1.29 is 4.79 Å². The van der Waals surface area contributed by atoms with Gasteiger partial charge in [0.05, 0.1) is 11.6 Å². The number of amidine groups is 1. The van der Waals surface area contributed by atoms with E-state index < -0.39 is 0 Å². The Morgan fingerprint density at radius 3 is 2.41 bits per heavy atom. The van der Waals surface area contributed by atoms with Gasteiger partial charge in [0.1, 0.15) is 6.17 Å². The smallest absolute Gasteiger partial charge is 0.254 e. The number of likely N-dealkylation sites (tertiary alicyclic amines) is 1. The monoisotopic (exact) mass is 455 g/mol. The summed E-state index contributed by atoms with van der Waals surface area (Å²) in [5.74, 6) is 1.95.